The van der Waals surface area contributed by atoms with Crippen LogP contribution in [0.15, 0.2) is 55.0 Å². The number of methoxy groups -OCH3 is 1. The third-order valence-corrected chi connectivity index (χ3v) is 5.11. The number of halogens is 6. The van der Waals surface area contributed by atoms with Gasteiger partial charge in [-0.3, -0.25) is 4.79 Å². The minimum Gasteiger partial charge on any atom is -0.496 e. The van der Waals surface area contributed by atoms with Crippen LogP contribution in [0, 0.1) is 11.6 Å². The first kappa shape index (κ1) is 24.1. The second kappa shape index (κ2) is 9.29. The summed E-state index contributed by atoms with van der Waals surface area (Å²) >= 11 is 6.18. The van der Waals surface area contributed by atoms with E-state index in [1.165, 1.54) is 25.6 Å². The monoisotopic (exact) mass is 509 g/mol. The van der Waals surface area contributed by atoms with Crippen LogP contribution in [0.1, 0.15) is 15.9 Å². The van der Waals surface area contributed by atoms with Gasteiger partial charge in [-0.1, -0.05) is 11.6 Å². The number of anilines is 1. The predicted octanol–water partition coefficient (Wildman–Crippen LogP) is 5.54. The maximum absolute atomic E-state index is 14.9. The van der Waals surface area contributed by atoms with Gasteiger partial charge in [-0.2, -0.15) is 23.4 Å². The Hall–Kier alpha value is -4.06. The smallest absolute Gasteiger partial charge is 0.420 e. The summed E-state index contributed by atoms with van der Waals surface area (Å²) in [6.45, 7) is 0. The molecule has 0 aliphatic heterocycles. The van der Waals surface area contributed by atoms with E-state index in [9.17, 15) is 26.7 Å². The van der Waals surface area contributed by atoms with Gasteiger partial charge in [0.1, 0.15) is 22.9 Å². The second-order valence-corrected chi connectivity index (χ2v) is 7.43. The van der Waals surface area contributed by atoms with E-state index >= 15 is 0 Å². The zero-order chi connectivity index (χ0) is 25.3. The van der Waals surface area contributed by atoms with Crippen LogP contribution < -0.4 is 10.1 Å². The summed E-state index contributed by atoms with van der Waals surface area (Å²) in [6.07, 6.45) is -1.51. The number of hydrogen-bond acceptors (Lipinski definition) is 5. The van der Waals surface area contributed by atoms with Crippen molar-refractivity contribution < 1.29 is 31.5 Å². The number of alkyl halides is 3. The molecule has 13 heteroatoms. The van der Waals surface area contributed by atoms with Crippen molar-refractivity contribution in [3.8, 4) is 22.7 Å². The fraction of sp³-hybridized carbons (Fsp3) is 0.0909. The van der Waals surface area contributed by atoms with Crippen LogP contribution in [0.5, 0.6) is 5.75 Å². The van der Waals surface area contributed by atoms with Crippen LogP contribution in [0.3, 0.4) is 0 Å². The molecular formula is C22H13ClF5N5O2. The Bertz CT molecular complexity index is 1410. The van der Waals surface area contributed by atoms with Crippen molar-refractivity contribution in [2.24, 2.45) is 0 Å². The molecule has 2 aromatic heterocycles. The average molecular weight is 510 g/mol. The topological polar surface area (TPSA) is 81.9 Å². The highest BCUT2D eigenvalue weighted by molar-refractivity contribution is 6.34. The standard InChI is InChI=1S/C22H13ClF5N5O2/c1-35-19-6-11(24)2-3-13(19)14-8-17(23)15(9-18(14)25)21(34)32-12-7-16(22(26,27)28)20(29-10-12)33-30-4-5-31-33/h2-10H,1H3,(H,32,34). The Kier molecular flexibility index (Phi) is 6.39. The number of nitrogens with one attached hydrogen (secondary N) is 1. The Morgan fingerprint density at radius 1 is 1.06 bits per heavy atom. The molecule has 4 aromatic rings. The van der Waals surface area contributed by atoms with E-state index in [0.717, 1.165) is 30.5 Å². The van der Waals surface area contributed by atoms with Gasteiger partial charge in [-0.25, -0.2) is 13.8 Å². The number of ether oxygens (including phenoxy) is 1. The molecule has 0 unspecified atom stereocenters. The molecule has 1 amide bonds. The van der Waals surface area contributed by atoms with Crippen LogP contribution in [-0.4, -0.2) is 33.0 Å². The largest absolute Gasteiger partial charge is 0.496 e. The number of rotatable bonds is 5. The van der Waals surface area contributed by atoms with Gasteiger partial charge in [0.2, 0.25) is 0 Å². The molecule has 0 saturated heterocycles. The molecule has 2 aromatic carbocycles. The summed E-state index contributed by atoms with van der Waals surface area (Å²) in [6, 6.07) is 6.02. The van der Waals surface area contributed by atoms with E-state index in [-0.39, 0.29) is 33.1 Å². The van der Waals surface area contributed by atoms with Crippen molar-refractivity contribution in [1.82, 2.24) is 20.0 Å². The van der Waals surface area contributed by atoms with Crippen molar-refractivity contribution in [1.29, 1.82) is 0 Å². The molecular weight excluding hydrogens is 497 g/mol. The van der Waals surface area contributed by atoms with Gasteiger partial charge in [0.25, 0.3) is 5.91 Å². The number of nitrogens with zero attached hydrogens (tertiary/aromatic N) is 4. The van der Waals surface area contributed by atoms with Crippen LogP contribution in [-0.2, 0) is 6.18 Å². The lowest BCUT2D eigenvalue weighted by atomic mass is 10.0. The lowest BCUT2D eigenvalue weighted by Gasteiger charge is -2.14. The summed E-state index contributed by atoms with van der Waals surface area (Å²) in [4.78, 5) is 17.1. The van der Waals surface area contributed by atoms with Crippen LogP contribution in [0.2, 0.25) is 5.02 Å². The highest BCUT2D eigenvalue weighted by Crippen LogP contribution is 2.36. The van der Waals surface area contributed by atoms with E-state index in [1.807, 2.05) is 0 Å². The summed E-state index contributed by atoms with van der Waals surface area (Å²) in [5.74, 6) is -3.03. The van der Waals surface area contributed by atoms with Crippen molar-refractivity contribution in [3.05, 3.63) is 82.8 Å². The van der Waals surface area contributed by atoms with Crippen LogP contribution in [0.4, 0.5) is 27.6 Å². The quantitative estimate of drug-likeness (QED) is 0.357. The van der Waals surface area contributed by atoms with Gasteiger partial charge in [-0.05, 0) is 30.3 Å². The molecule has 4 rings (SSSR count). The van der Waals surface area contributed by atoms with E-state index in [4.69, 9.17) is 16.3 Å². The summed E-state index contributed by atoms with van der Waals surface area (Å²) < 4.78 is 74.1. The average Bonchev–Trinajstić information content (AvgIpc) is 3.34. The number of benzene rings is 2. The van der Waals surface area contributed by atoms with Crippen LogP contribution in [0.25, 0.3) is 16.9 Å². The Morgan fingerprint density at radius 2 is 1.77 bits per heavy atom. The molecule has 0 saturated carbocycles. The molecule has 0 radical (unpaired) electrons. The molecule has 1 N–H and O–H groups in total. The first-order valence-electron chi connectivity index (χ1n) is 9.66. The molecule has 0 aliphatic carbocycles. The third-order valence-electron chi connectivity index (χ3n) is 4.79. The maximum atomic E-state index is 14.9. The van der Waals surface area contributed by atoms with E-state index in [0.29, 0.717) is 10.9 Å². The number of carbonyl (C=O) groups is 1. The lowest BCUT2D eigenvalue weighted by molar-refractivity contribution is -0.137. The normalized spacial score (nSPS) is 11.4. The SMILES string of the molecule is COc1cc(F)ccc1-c1cc(Cl)c(C(=O)Nc2cnc(-n3nccn3)c(C(F)(F)F)c2)cc1F. The molecule has 35 heavy (non-hydrogen) atoms. The molecule has 7 nitrogen and oxygen atoms in total. The van der Waals surface area contributed by atoms with Gasteiger partial charge in [-0.15, -0.1) is 4.80 Å². The predicted molar refractivity (Wildman–Crippen MR) is 115 cm³/mol. The fourth-order valence-corrected chi connectivity index (χ4v) is 3.48. The van der Waals surface area contributed by atoms with E-state index in [1.54, 1.807) is 0 Å². The number of amides is 1. The first-order valence-corrected chi connectivity index (χ1v) is 10.0. The molecule has 0 fully saturated rings. The minimum absolute atomic E-state index is 0.0367. The zero-order valence-corrected chi connectivity index (χ0v) is 18.3. The van der Waals surface area contributed by atoms with E-state index in [2.05, 4.69) is 20.5 Å². The molecule has 0 bridgehead atoms. The highest BCUT2D eigenvalue weighted by atomic mass is 35.5. The van der Waals surface area contributed by atoms with Crippen molar-refractivity contribution in [3.63, 3.8) is 0 Å². The number of carbonyl (C=O) groups excluding carboxylic acids is 1. The fourth-order valence-electron chi connectivity index (χ4n) is 3.23. The Labute approximate surface area is 199 Å². The Balaban J connectivity index is 1.67. The number of hydrogen-bond donors (Lipinski definition) is 1. The molecule has 0 atom stereocenters. The highest BCUT2D eigenvalue weighted by Gasteiger charge is 2.36. The number of pyridine rings is 1. The second-order valence-electron chi connectivity index (χ2n) is 7.02. The molecule has 0 spiro atoms. The van der Waals surface area contributed by atoms with Crippen molar-refractivity contribution in [2.45, 2.75) is 6.18 Å². The van der Waals surface area contributed by atoms with Gasteiger partial charge in [0.05, 0.1) is 42.0 Å². The summed E-state index contributed by atoms with van der Waals surface area (Å²) in [7, 11) is 1.27. The molecule has 2 heterocycles. The van der Waals surface area contributed by atoms with E-state index < -0.39 is 35.1 Å². The molecule has 0 aliphatic rings. The first-order chi connectivity index (χ1) is 16.6. The van der Waals surface area contributed by atoms with Crippen LogP contribution >= 0.6 is 11.6 Å². The summed E-state index contributed by atoms with van der Waals surface area (Å²) in [5.41, 5.74) is -1.76. The van der Waals surface area contributed by atoms with Gasteiger partial charge in [0, 0.05) is 17.2 Å². The van der Waals surface area contributed by atoms with Gasteiger partial charge >= 0.3 is 6.18 Å². The lowest BCUT2D eigenvalue weighted by Crippen LogP contribution is -2.17. The molecule has 180 valence electrons. The van der Waals surface area contributed by atoms with Gasteiger partial charge in [0.15, 0.2) is 5.82 Å². The summed E-state index contributed by atoms with van der Waals surface area (Å²) in [5, 5.41) is 9.30. The van der Waals surface area contributed by atoms with Crippen molar-refractivity contribution in [2.75, 3.05) is 12.4 Å². The zero-order valence-electron chi connectivity index (χ0n) is 17.6. The Morgan fingerprint density at radius 3 is 2.43 bits per heavy atom. The number of aromatic nitrogens is 4. The minimum atomic E-state index is -4.84. The third kappa shape index (κ3) is 4.92. The van der Waals surface area contributed by atoms with Crippen molar-refractivity contribution >= 4 is 23.2 Å². The maximum Gasteiger partial charge on any atom is 0.420 e. The van der Waals surface area contributed by atoms with Gasteiger partial charge < -0.3 is 10.1 Å².